The molecule has 0 amide bonds. The highest BCUT2D eigenvalue weighted by Gasteiger charge is 2.13. The first-order valence-corrected chi connectivity index (χ1v) is 5.67. The van der Waals surface area contributed by atoms with Crippen LogP contribution < -0.4 is 4.74 Å². The molecule has 17 heavy (non-hydrogen) atoms. The summed E-state index contributed by atoms with van der Waals surface area (Å²) < 4.78 is 5.52. The van der Waals surface area contributed by atoms with Crippen LogP contribution in [-0.4, -0.2) is 17.1 Å². The summed E-state index contributed by atoms with van der Waals surface area (Å²) in [5, 5.41) is 0. The summed E-state index contributed by atoms with van der Waals surface area (Å²) in [4.78, 5) is 8.41. The maximum atomic E-state index is 5.52. The van der Waals surface area contributed by atoms with Gasteiger partial charge in [-0.15, -0.1) is 0 Å². The molecule has 0 bridgehead atoms. The summed E-state index contributed by atoms with van der Waals surface area (Å²) in [6, 6.07) is 6.12. The van der Waals surface area contributed by atoms with Gasteiger partial charge in [0.15, 0.2) is 0 Å². The summed E-state index contributed by atoms with van der Waals surface area (Å²) >= 11 is 0. The fraction of sp³-hybridized carbons (Fsp3) is 0.286. The van der Waals surface area contributed by atoms with Crippen LogP contribution >= 0.6 is 0 Å². The molecular formula is C14H16N2O. The van der Waals surface area contributed by atoms with Gasteiger partial charge in [0, 0.05) is 18.0 Å². The molecule has 88 valence electrons. The molecule has 2 rings (SSSR count). The van der Waals surface area contributed by atoms with Crippen molar-refractivity contribution in [2.45, 2.75) is 19.8 Å². The van der Waals surface area contributed by atoms with Gasteiger partial charge in [0.1, 0.15) is 5.75 Å². The average molecular weight is 228 g/mol. The van der Waals surface area contributed by atoms with Crippen LogP contribution in [0.4, 0.5) is 0 Å². The molecule has 0 unspecified atom stereocenters. The summed E-state index contributed by atoms with van der Waals surface area (Å²) in [6.45, 7) is 4.30. The molecule has 2 aromatic rings. The molecule has 0 aliphatic heterocycles. The first kappa shape index (κ1) is 11.6. The van der Waals surface area contributed by atoms with Gasteiger partial charge in [-0.3, -0.25) is 9.97 Å². The lowest BCUT2D eigenvalue weighted by Gasteiger charge is -2.15. The zero-order valence-electron chi connectivity index (χ0n) is 10.3. The molecule has 0 N–H and O–H groups in total. The van der Waals surface area contributed by atoms with Gasteiger partial charge in [0.05, 0.1) is 19.0 Å². The second kappa shape index (κ2) is 4.95. The van der Waals surface area contributed by atoms with Crippen molar-refractivity contribution in [1.29, 1.82) is 0 Å². The monoisotopic (exact) mass is 228 g/mol. The Morgan fingerprint density at radius 1 is 1.18 bits per heavy atom. The Hall–Kier alpha value is -1.90. The van der Waals surface area contributed by atoms with Gasteiger partial charge in [-0.05, 0) is 17.5 Å². The number of hydrogen-bond donors (Lipinski definition) is 0. The molecular weight excluding hydrogens is 212 g/mol. The predicted octanol–water partition coefficient (Wildman–Crippen LogP) is 3.28. The zero-order valence-corrected chi connectivity index (χ0v) is 10.3. The molecule has 0 aliphatic carbocycles. The molecule has 0 saturated carbocycles. The topological polar surface area (TPSA) is 35.0 Å². The van der Waals surface area contributed by atoms with Crippen molar-refractivity contribution < 1.29 is 4.74 Å². The number of rotatable bonds is 3. The fourth-order valence-corrected chi connectivity index (χ4v) is 1.88. The molecule has 1 aromatic heterocycles. The maximum absolute atomic E-state index is 5.52. The Balaban J connectivity index is 2.59. The van der Waals surface area contributed by atoms with Gasteiger partial charge < -0.3 is 4.74 Å². The van der Waals surface area contributed by atoms with E-state index in [1.54, 1.807) is 25.7 Å². The van der Waals surface area contributed by atoms with E-state index in [-0.39, 0.29) is 0 Å². The van der Waals surface area contributed by atoms with E-state index in [0.717, 1.165) is 17.0 Å². The minimum Gasteiger partial charge on any atom is -0.496 e. The Bertz CT molecular complexity index is 495. The lowest BCUT2D eigenvalue weighted by molar-refractivity contribution is 0.409. The predicted molar refractivity (Wildman–Crippen MR) is 68.1 cm³/mol. The van der Waals surface area contributed by atoms with Crippen LogP contribution in [0.1, 0.15) is 25.3 Å². The van der Waals surface area contributed by atoms with Crippen molar-refractivity contribution in [3.63, 3.8) is 0 Å². The summed E-state index contributed by atoms with van der Waals surface area (Å²) in [6.07, 6.45) is 5.11. The molecule has 3 heteroatoms. The van der Waals surface area contributed by atoms with Crippen LogP contribution in [0.5, 0.6) is 5.75 Å². The van der Waals surface area contributed by atoms with Gasteiger partial charge >= 0.3 is 0 Å². The number of nitrogens with zero attached hydrogens (tertiary/aromatic N) is 2. The third-order valence-electron chi connectivity index (χ3n) is 2.71. The Labute approximate surface area is 102 Å². The van der Waals surface area contributed by atoms with Crippen molar-refractivity contribution in [2.24, 2.45) is 0 Å². The SMILES string of the molecule is COc1c(-c2cnccn2)cccc1C(C)C. The van der Waals surface area contributed by atoms with Crippen LogP contribution in [0, 0.1) is 0 Å². The van der Waals surface area contributed by atoms with Crippen LogP contribution in [0.2, 0.25) is 0 Å². The van der Waals surface area contributed by atoms with Crippen molar-refractivity contribution in [2.75, 3.05) is 7.11 Å². The number of para-hydroxylation sites is 1. The second-order valence-corrected chi connectivity index (χ2v) is 4.17. The van der Waals surface area contributed by atoms with E-state index in [4.69, 9.17) is 4.74 Å². The Kier molecular flexibility index (Phi) is 3.38. The summed E-state index contributed by atoms with van der Waals surface area (Å²) in [5.74, 6) is 1.31. The first-order valence-electron chi connectivity index (χ1n) is 5.67. The molecule has 1 heterocycles. The molecule has 0 atom stereocenters. The van der Waals surface area contributed by atoms with Gasteiger partial charge in [-0.1, -0.05) is 26.0 Å². The molecule has 0 saturated heterocycles. The van der Waals surface area contributed by atoms with E-state index in [0.29, 0.717) is 5.92 Å². The lowest BCUT2D eigenvalue weighted by Crippen LogP contribution is -1.97. The van der Waals surface area contributed by atoms with E-state index in [2.05, 4.69) is 29.9 Å². The summed E-state index contributed by atoms with van der Waals surface area (Å²) in [7, 11) is 1.70. The highest BCUT2D eigenvalue weighted by atomic mass is 16.5. The lowest BCUT2D eigenvalue weighted by atomic mass is 9.98. The fourth-order valence-electron chi connectivity index (χ4n) is 1.88. The Morgan fingerprint density at radius 2 is 2.00 bits per heavy atom. The number of aromatic nitrogens is 2. The zero-order chi connectivity index (χ0) is 12.3. The Morgan fingerprint density at radius 3 is 2.59 bits per heavy atom. The minimum atomic E-state index is 0.418. The molecule has 0 aliphatic rings. The smallest absolute Gasteiger partial charge is 0.131 e. The minimum absolute atomic E-state index is 0.418. The number of benzene rings is 1. The highest BCUT2D eigenvalue weighted by Crippen LogP contribution is 2.35. The molecule has 0 radical (unpaired) electrons. The van der Waals surface area contributed by atoms with Crippen LogP contribution in [-0.2, 0) is 0 Å². The van der Waals surface area contributed by atoms with E-state index in [1.165, 1.54) is 5.56 Å². The standard InChI is InChI=1S/C14H16N2O/c1-10(2)11-5-4-6-12(14(11)17-3)13-9-15-7-8-16-13/h4-10H,1-3H3. The summed E-state index contributed by atoms with van der Waals surface area (Å²) in [5.41, 5.74) is 3.02. The molecule has 0 spiro atoms. The largest absolute Gasteiger partial charge is 0.496 e. The van der Waals surface area contributed by atoms with Gasteiger partial charge in [0.2, 0.25) is 0 Å². The quantitative estimate of drug-likeness (QED) is 0.808. The van der Waals surface area contributed by atoms with Crippen LogP contribution in [0.3, 0.4) is 0 Å². The van der Waals surface area contributed by atoms with Crippen molar-refractivity contribution in [3.05, 3.63) is 42.4 Å². The van der Waals surface area contributed by atoms with Gasteiger partial charge in [-0.2, -0.15) is 0 Å². The van der Waals surface area contributed by atoms with Crippen LogP contribution in [0.15, 0.2) is 36.8 Å². The van der Waals surface area contributed by atoms with Crippen molar-refractivity contribution >= 4 is 0 Å². The molecule has 1 aromatic carbocycles. The number of hydrogen-bond acceptors (Lipinski definition) is 3. The van der Waals surface area contributed by atoms with E-state index in [9.17, 15) is 0 Å². The van der Waals surface area contributed by atoms with E-state index >= 15 is 0 Å². The number of methoxy groups -OCH3 is 1. The van der Waals surface area contributed by atoms with Crippen LogP contribution in [0.25, 0.3) is 11.3 Å². The van der Waals surface area contributed by atoms with Crippen molar-refractivity contribution in [1.82, 2.24) is 9.97 Å². The molecule has 3 nitrogen and oxygen atoms in total. The van der Waals surface area contributed by atoms with Crippen molar-refractivity contribution in [3.8, 4) is 17.0 Å². The first-order chi connectivity index (χ1) is 8.24. The number of ether oxygens (including phenoxy) is 1. The average Bonchev–Trinajstić information content (AvgIpc) is 2.38. The highest BCUT2D eigenvalue weighted by molar-refractivity contribution is 5.68. The van der Waals surface area contributed by atoms with E-state index in [1.807, 2.05) is 12.1 Å². The van der Waals surface area contributed by atoms with Gasteiger partial charge in [-0.25, -0.2) is 0 Å². The second-order valence-electron chi connectivity index (χ2n) is 4.17. The molecule has 0 fully saturated rings. The van der Waals surface area contributed by atoms with Gasteiger partial charge in [0.25, 0.3) is 0 Å². The normalized spacial score (nSPS) is 10.6. The third-order valence-corrected chi connectivity index (χ3v) is 2.71. The van der Waals surface area contributed by atoms with E-state index < -0.39 is 0 Å². The maximum Gasteiger partial charge on any atom is 0.131 e. The third kappa shape index (κ3) is 2.28.